The van der Waals surface area contributed by atoms with Crippen LogP contribution in [0.25, 0.3) is 6.08 Å². The van der Waals surface area contributed by atoms with E-state index in [9.17, 15) is 15.3 Å². The average Bonchev–Trinajstić information content (AvgIpc) is 3.21. The minimum absolute atomic E-state index is 0.0930. The van der Waals surface area contributed by atoms with Crippen molar-refractivity contribution in [2.24, 2.45) is 0 Å². The Morgan fingerprint density at radius 2 is 1.85 bits per heavy atom. The second kappa shape index (κ2) is 8.18. The summed E-state index contributed by atoms with van der Waals surface area (Å²) in [6, 6.07) is 14.1. The zero-order valence-electron chi connectivity index (χ0n) is 14.0. The summed E-state index contributed by atoms with van der Waals surface area (Å²) in [7, 11) is 0. The maximum absolute atomic E-state index is 13.2. The maximum atomic E-state index is 13.2. The number of furan rings is 1. The molecule has 0 aliphatic carbocycles. The van der Waals surface area contributed by atoms with Gasteiger partial charge in [-0.1, -0.05) is 22.0 Å². The van der Waals surface area contributed by atoms with E-state index < -0.39 is 0 Å². The molecule has 0 saturated carbocycles. The van der Waals surface area contributed by atoms with Crippen LogP contribution in [0.1, 0.15) is 16.1 Å². The molecule has 3 rings (SSSR count). The predicted molar refractivity (Wildman–Crippen MR) is 104 cm³/mol. The first-order valence-corrected chi connectivity index (χ1v) is 8.67. The van der Waals surface area contributed by atoms with Crippen LogP contribution in [0.5, 0.6) is 0 Å². The Balaban J connectivity index is 2.15. The molecule has 0 radical (unpaired) electrons. The lowest BCUT2D eigenvalue weighted by molar-refractivity contribution is 0.101. The van der Waals surface area contributed by atoms with E-state index in [-0.39, 0.29) is 17.1 Å². The number of carbonyl (C=O) groups excluding carboxylic acids is 1. The van der Waals surface area contributed by atoms with Crippen LogP contribution < -0.4 is 0 Å². The molecule has 0 bridgehead atoms. The molecule has 0 saturated heterocycles. The van der Waals surface area contributed by atoms with E-state index >= 15 is 0 Å². The van der Waals surface area contributed by atoms with E-state index in [0.717, 1.165) is 4.47 Å². The lowest BCUT2D eigenvalue weighted by Crippen LogP contribution is -2.24. The van der Waals surface area contributed by atoms with Gasteiger partial charge < -0.3 is 9.32 Å². The van der Waals surface area contributed by atoms with Gasteiger partial charge >= 0.3 is 0 Å². The van der Waals surface area contributed by atoms with Gasteiger partial charge in [-0.05, 0) is 48.6 Å². The van der Waals surface area contributed by atoms with Crippen LogP contribution in [0, 0.1) is 22.7 Å². The summed E-state index contributed by atoms with van der Waals surface area (Å²) in [4.78, 5) is 14.7. The summed E-state index contributed by atoms with van der Waals surface area (Å²) in [5.41, 5.74) is 0.954. The first kappa shape index (κ1) is 18.2. The summed E-state index contributed by atoms with van der Waals surface area (Å²) in [6.07, 6.45) is 9.77. The highest BCUT2D eigenvalue weighted by molar-refractivity contribution is 9.10. The van der Waals surface area contributed by atoms with Crippen molar-refractivity contribution in [3.8, 4) is 12.1 Å². The van der Waals surface area contributed by atoms with Gasteiger partial charge in [0.1, 0.15) is 17.9 Å². The number of nitriles is 2. The number of Topliss-reactive ketones (excluding diaryl/α,β-unsaturated/α-hetero) is 1. The topological polar surface area (TPSA) is 81.0 Å². The largest absolute Gasteiger partial charge is 0.465 e. The highest BCUT2D eigenvalue weighted by Crippen LogP contribution is 2.27. The van der Waals surface area contributed by atoms with E-state index in [0.29, 0.717) is 17.0 Å². The molecule has 1 aliphatic rings. The third-order valence-electron chi connectivity index (χ3n) is 3.76. The normalized spacial score (nSPS) is 13.2. The van der Waals surface area contributed by atoms with E-state index in [4.69, 9.17) is 4.42 Å². The van der Waals surface area contributed by atoms with Crippen LogP contribution in [0.3, 0.4) is 0 Å². The Kier molecular flexibility index (Phi) is 5.51. The molecule has 6 heteroatoms. The number of benzene rings is 1. The molecule has 0 unspecified atom stereocenters. The van der Waals surface area contributed by atoms with Crippen molar-refractivity contribution in [3.63, 3.8) is 0 Å². The minimum Gasteiger partial charge on any atom is -0.465 e. The predicted octanol–water partition coefficient (Wildman–Crippen LogP) is 4.95. The monoisotopic (exact) mass is 417 g/mol. The highest BCUT2D eigenvalue weighted by Gasteiger charge is 2.23. The van der Waals surface area contributed by atoms with Crippen molar-refractivity contribution < 1.29 is 9.21 Å². The number of allylic oxidation sites excluding steroid dienone is 5. The third kappa shape index (κ3) is 3.98. The van der Waals surface area contributed by atoms with Crippen molar-refractivity contribution in [3.05, 3.63) is 99.9 Å². The fraction of sp³-hybridized carbons (Fsp3) is 0. The number of carbonyl (C=O) groups is 1. The van der Waals surface area contributed by atoms with Crippen LogP contribution >= 0.6 is 15.9 Å². The first-order chi connectivity index (χ1) is 13.1. The van der Waals surface area contributed by atoms with Crippen LogP contribution in [-0.2, 0) is 0 Å². The summed E-state index contributed by atoms with van der Waals surface area (Å²) < 4.78 is 6.21. The number of halogens is 1. The zero-order valence-corrected chi connectivity index (χ0v) is 15.6. The van der Waals surface area contributed by atoms with Crippen LogP contribution in [0.4, 0.5) is 0 Å². The van der Waals surface area contributed by atoms with Gasteiger partial charge in [-0.25, -0.2) is 0 Å². The van der Waals surface area contributed by atoms with Crippen molar-refractivity contribution in [2.45, 2.75) is 0 Å². The van der Waals surface area contributed by atoms with Gasteiger partial charge in [0.15, 0.2) is 5.57 Å². The van der Waals surface area contributed by atoms with Gasteiger partial charge in [-0.3, -0.25) is 4.79 Å². The molecule has 1 aliphatic heterocycles. The summed E-state index contributed by atoms with van der Waals surface area (Å²) in [6.45, 7) is 0. The van der Waals surface area contributed by atoms with Gasteiger partial charge in [0.2, 0.25) is 5.78 Å². The summed E-state index contributed by atoms with van der Waals surface area (Å²) >= 11 is 3.35. The third-order valence-corrected chi connectivity index (χ3v) is 4.29. The summed E-state index contributed by atoms with van der Waals surface area (Å²) in [5, 5.41) is 18.6. The Bertz CT molecular complexity index is 1040. The van der Waals surface area contributed by atoms with E-state index in [1.54, 1.807) is 66.9 Å². The molecule has 1 aromatic heterocycles. The van der Waals surface area contributed by atoms with Crippen LogP contribution in [0.15, 0.2) is 92.9 Å². The molecule has 0 fully saturated rings. The number of hydrogen-bond donors (Lipinski definition) is 0. The Morgan fingerprint density at radius 3 is 2.48 bits per heavy atom. The fourth-order valence-corrected chi connectivity index (χ4v) is 2.76. The SMILES string of the molecule is N#CC(C#N)=C1C=CC=CN1/C(=C/c1ccco1)C(=O)c1ccc(Br)cc1. The Hall–Kier alpha value is -3.61. The number of nitrogens with zero attached hydrogens (tertiary/aromatic N) is 3. The molecular weight excluding hydrogens is 406 g/mol. The van der Waals surface area contributed by atoms with Gasteiger partial charge in [-0.15, -0.1) is 0 Å². The number of ketones is 1. The van der Waals surface area contributed by atoms with Gasteiger partial charge in [-0.2, -0.15) is 10.5 Å². The molecule has 130 valence electrons. The van der Waals surface area contributed by atoms with E-state index in [1.807, 2.05) is 12.1 Å². The van der Waals surface area contributed by atoms with Crippen LogP contribution in [-0.4, -0.2) is 10.7 Å². The molecule has 0 amide bonds. The van der Waals surface area contributed by atoms with Gasteiger partial charge in [0.05, 0.1) is 17.7 Å². The smallest absolute Gasteiger partial charge is 0.209 e. The lowest BCUT2D eigenvalue weighted by atomic mass is 10.0. The summed E-state index contributed by atoms with van der Waals surface area (Å²) in [5.74, 6) is 0.208. The number of hydrogen-bond acceptors (Lipinski definition) is 5. The molecule has 2 heterocycles. The zero-order chi connectivity index (χ0) is 19.2. The minimum atomic E-state index is -0.272. The second-order valence-electron chi connectivity index (χ2n) is 5.44. The molecular formula is C21H12BrN3O2. The van der Waals surface area contributed by atoms with E-state index in [1.165, 1.54) is 11.2 Å². The average molecular weight is 418 g/mol. The quantitative estimate of drug-likeness (QED) is 0.399. The van der Waals surface area contributed by atoms with Crippen molar-refractivity contribution in [1.29, 1.82) is 10.5 Å². The Morgan fingerprint density at radius 1 is 1.11 bits per heavy atom. The molecule has 27 heavy (non-hydrogen) atoms. The highest BCUT2D eigenvalue weighted by atomic mass is 79.9. The lowest BCUT2D eigenvalue weighted by Gasteiger charge is -2.25. The standard InChI is InChI=1S/C21H12BrN3O2/c22-17-8-6-15(7-9-17)21(26)20(12-18-4-3-11-27-18)25-10-2-1-5-19(25)16(13-23)14-24/h1-12H/b20-12+. The van der Waals surface area contributed by atoms with E-state index in [2.05, 4.69) is 15.9 Å². The molecule has 0 N–H and O–H groups in total. The molecule has 0 spiro atoms. The van der Waals surface area contributed by atoms with Gasteiger partial charge in [0, 0.05) is 22.3 Å². The second-order valence-corrected chi connectivity index (χ2v) is 6.35. The van der Waals surface area contributed by atoms with Crippen molar-refractivity contribution >= 4 is 27.8 Å². The molecule has 2 aromatic rings. The Labute approximate surface area is 164 Å². The molecule has 1 aromatic carbocycles. The number of rotatable bonds is 4. The molecule has 0 atom stereocenters. The maximum Gasteiger partial charge on any atom is 0.209 e. The first-order valence-electron chi connectivity index (χ1n) is 7.88. The van der Waals surface area contributed by atoms with Crippen molar-refractivity contribution in [2.75, 3.05) is 0 Å². The fourth-order valence-electron chi connectivity index (χ4n) is 2.50. The van der Waals surface area contributed by atoms with Crippen molar-refractivity contribution in [1.82, 2.24) is 4.90 Å². The molecule has 5 nitrogen and oxygen atoms in total. The van der Waals surface area contributed by atoms with Gasteiger partial charge in [0.25, 0.3) is 0 Å². The van der Waals surface area contributed by atoms with Crippen LogP contribution in [0.2, 0.25) is 0 Å².